The van der Waals surface area contributed by atoms with Crippen molar-refractivity contribution in [2.45, 2.75) is 31.2 Å². The van der Waals surface area contributed by atoms with Crippen LogP contribution in [0.15, 0.2) is 23.1 Å². The molecule has 1 atom stereocenters. The lowest BCUT2D eigenvalue weighted by Crippen LogP contribution is -2.37. The van der Waals surface area contributed by atoms with Crippen molar-refractivity contribution in [1.82, 2.24) is 9.62 Å². The molecule has 1 aliphatic rings. The lowest BCUT2D eigenvalue weighted by atomic mass is 10.1. The third kappa shape index (κ3) is 3.23. The maximum absolute atomic E-state index is 12.5. The van der Waals surface area contributed by atoms with E-state index >= 15 is 0 Å². The Kier molecular flexibility index (Phi) is 4.30. The molecule has 21 heavy (non-hydrogen) atoms. The standard InChI is InChI=1S/C14H17N3O3S/c1-10-7-14(4-3-12(10)8-15)21(19,20)17-6-5-13(9-17)16-11(2)18/h3-4,7,13H,5-6,9H2,1-2H3,(H,16,18). The van der Waals surface area contributed by atoms with Crippen LogP contribution in [-0.2, 0) is 14.8 Å². The van der Waals surface area contributed by atoms with Gasteiger partial charge in [-0.25, -0.2) is 8.42 Å². The molecule has 112 valence electrons. The predicted octanol–water partition coefficient (Wildman–Crippen LogP) is 0.766. The van der Waals surface area contributed by atoms with E-state index in [0.717, 1.165) is 0 Å². The minimum absolute atomic E-state index is 0.142. The molecular formula is C14H17N3O3S. The average Bonchev–Trinajstić information content (AvgIpc) is 2.87. The monoisotopic (exact) mass is 307 g/mol. The van der Waals surface area contributed by atoms with Crippen LogP contribution in [0.3, 0.4) is 0 Å². The predicted molar refractivity (Wildman–Crippen MR) is 76.9 cm³/mol. The fraction of sp³-hybridized carbons (Fsp3) is 0.429. The summed E-state index contributed by atoms with van der Waals surface area (Å²) in [5.41, 5.74) is 1.10. The highest BCUT2D eigenvalue weighted by Crippen LogP contribution is 2.23. The maximum atomic E-state index is 12.5. The summed E-state index contributed by atoms with van der Waals surface area (Å²) < 4.78 is 26.5. The zero-order chi connectivity index (χ0) is 15.6. The minimum Gasteiger partial charge on any atom is -0.352 e. The number of amides is 1. The van der Waals surface area contributed by atoms with Crippen LogP contribution >= 0.6 is 0 Å². The Balaban J connectivity index is 2.22. The molecule has 0 bridgehead atoms. The number of rotatable bonds is 3. The molecular weight excluding hydrogens is 290 g/mol. The minimum atomic E-state index is -3.58. The van der Waals surface area contributed by atoms with Gasteiger partial charge in [0.15, 0.2) is 0 Å². The van der Waals surface area contributed by atoms with E-state index in [-0.39, 0.29) is 23.4 Å². The number of nitrogens with one attached hydrogen (secondary N) is 1. The normalized spacial score (nSPS) is 19.2. The van der Waals surface area contributed by atoms with Gasteiger partial charge < -0.3 is 5.32 Å². The summed E-state index contributed by atoms with van der Waals surface area (Å²) in [5, 5.41) is 11.6. The number of nitrogens with zero attached hydrogens (tertiary/aromatic N) is 2. The molecule has 1 aromatic rings. The lowest BCUT2D eigenvalue weighted by molar-refractivity contribution is -0.119. The van der Waals surface area contributed by atoms with Crippen molar-refractivity contribution in [3.8, 4) is 6.07 Å². The first-order valence-electron chi connectivity index (χ1n) is 6.62. The van der Waals surface area contributed by atoms with Gasteiger partial charge in [-0.3, -0.25) is 4.79 Å². The molecule has 1 aliphatic heterocycles. The van der Waals surface area contributed by atoms with Gasteiger partial charge in [0.1, 0.15) is 0 Å². The molecule has 0 aliphatic carbocycles. The van der Waals surface area contributed by atoms with E-state index < -0.39 is 10.0 Å². The number of carbonyl (C=O) groups excluding carboxylic acids is 1. The summed E-state index contributed by atoms with van der Waals surface area (Å²) in [6.45, 7) is 3.79. The van der Waals surface area contributed by atoms with E-state index in [9.17, 15) is 13.2 Å². The zero-order valence-electron chi connectivity index (χ0n) is 12.0. The average molecular weight is 307 g/mol. The molecule has 6 nitrogen and oxygen atoms in total. The second kappa shape index (κ2) is 5.84. The topological polar surface area (TPSA) is 90.3 Å². The van der Waals surface area contributed by atoms with Gasteiger partial charge >= 0.3 is 0 Å². The zero-order valence-corrected chi connectivity index (χ0v) is 12.8. The fourth-order valence-electron chi connectivity index (χ4n) is 2.42. The van der Waals surface area contributed by atoms with Crippen LogP contribution in [-0.4, -0.2) is 37.8 Å². The first-order valence-corrected chi connectivity index (χ1v) is 8.06. The van der Waals surface area contributed by atoms with E-state index in [4.69, 9.17) is 5.26 Å². The SMILES string of the molecule is CC(=O)NC1CCN(S(=O)(=O)c2ccc(C#N)c(C)c2)C1. The summed E-state index contributed by atoms with van der Waals surface area (Å²) in [6.07, 6.45) is 0.605. The van der Waals surface area contributed by atoms with Crippen molar-refractivity contribution in [3.63, 3.8) is 0 Å². The first-order chi connectivity index (χ1) is 9.84. The highest BCUT2D eigenvalue weighted by molar-refractivity contribution is 7.89. The van der Waals surface area contributed by atoms with Crippen LogP contribution < -0.4 is 5.32 Å². The van der Waals surface area contributed by atoms with Crippen molar-refractivity contribution < 1.29 is 13.2 Å². The van der Waals surface area contributed by atoms with Gasteiger partial charge in [0.05, 0.1) is 16.5 Å². The second-order valence-electron chi connectivity index (χ2n) is 5.14. The first kappa shape index (κ1) is 15.5. The Labute approximate surface area is 124 Å². The molecule has 1 aromatic carbocycles. The van der Waals surface area contributed by atoms with Gasteiger partial charge in [0.25, 0.3) is 0 Å². The van der Waals surface area contributed by atoms with E-state index in [2.05, 4.69) is 5.32 Å². The lowest BCUT2D eigenvalue weighted by Gasteiger charge is -2.17. The second-order valence-corrected chi connectivity index (χ2v) is 7.08. The molecule has 1 N–H and O–H groups in total. The van der Waals surface area contributed by atoms with E-state index in [1.165, 1.54) is 29.4 Å². The van der Waals surface area contributed by atoms with Crippen LogP contribution in [0, 0.1) is 18.3 Å². The number of carbonyl (C=O) groups is 1. The number of hydrogen-bond donors (Lipinski definition) is 1. The summed E-state index contributed by atoms with van der Waals surface area (Å²) in [5.74, 6) is -0.159. The Morgan fingerprint density at radius 2 is 2.19 bits per heavy atom. The van der Waals surface area contributed by atoms with E-state index in [1.807, 2.05) is 6.07 Å². The summed E-state index contributed by atoms with van der Waals surface area (Å²) in [7, 11) is -3.58. The van der Waals surface area contributed by atoms with Crippen molar-refractivity contribution in [3.05, 3.63) is 29.3 Å². The summed E-state index contributed by atoms with van der Waals surface area (Å²) >= 11 is 0. The van der Waals surface area contributed by atoms with Crippen molar-refractivity contribution in [2.24, 2.45) is 0 Å². The molecule has 1 amide bonds. The molecule has 1 fully saturated rings. The third-order valence-corrected chi connectivity index (χ3v) is 5.38. The highest BCUT2D eigenvalue weighted by Gasteiger charge is 2.32. The number of benzene rings is 1. The molecule has 1 heterocycles. The Bertz CT molecular complexity index is 707. The van der Waals surface area contributed by atoms with Crippen LogP contribution in [0.4, 0.5) is 0 Å². The van der Waals surface area contributed by atoms with Crippen LogP contribution in [0.25, 0.3) is 0 Å². The smallest absolute Gasteiger partial charge is 0.243 e. The van der Waals surface area contributed by atoms with Crippen LogP contribution in [0.5, 0.6) is 0 Å². The van der Waals surface area contributed by atoms with Gasteiger partial charge in [-0.1, -0.05) is 0 Å². The van der Waals surface area contributed by atoms with Crippen molar-refractivity contribution >= 4 is 15.9 Å². The Morgan fingerprint density at radius 3 is 2.76 bits per heavy atom. The van der Waals surface area contributed by atoms with E-state index in [1.54, 1.807) is 6.92 Å². The maximum Gasteiger partial charge on any atom is 0.243 e. The molecule has 2 rings (SSSR count). The molecule has 7 heteroatoms. The van der Waals surface area contributed by atoms with E-state index in [0.29, 0.717) is 24.1 Å². The third-order valence-electron chi connectivity index (χ3n) is 3.51. The number of sulfonamides is 1. The van der Waals surface area contributed by atoms with Gasteiger partial charge in [-0.15, -0.1) is 0 Å². The van der Waals surface area contributed by atoms with Crippen LogP contribution in [0.2, 0.25) is 0 Å². The fourth-order valence-corrected chi connectivity index (χ4v) is 4.01. The number of nitriles is 1. The molecule has 0 saturated carbocycles. The van der Waals surface area contributed by atoms with Crippen molar-refractivity contribution in [2.75, 3.05) is 13.1 Å². The summed E-state index contributed by atoms with van der Waals surface area (Å²) in [4.78, 5) is 11.2. The number of hydrogen-bond acceptors (Lipinski definition) is 4. The van der Waals surface area contributed by atoms with Crippen LogP contribution in [0.1, 0.15) is 24.5 Å². The van der Waals surface area contributed by atoms with Gasteiger partial charge in [0.2, 0.25) is 15.9 Å². The summed E-state index contributed by atoms with van der Waals surface area (Å²) in [6, 6.07) is 6.36. The highest BCUT2D eigenvalue weighted by atomic mass is 32.2. The number of aryl methyl sites for hydroxylation is 1. The van der Waals surface area contributed by atoms with Gasteiger partial charge in [-0.05, 0) is 37.1 Å². The largest absolute Gasteiger partial charge is 0.352 e. The molecule has 1 saturated heterocycles. The molecule has 0 spiro atoms. The van der Waals surface area contributed by atoms with Crippen molar-refractivity contribution in [1.29, 1.82) is 5.26 Å². The molecule has 1 unspecified atom stereocenters. The molecule has 0 aromatic heterocycles. The van der Waals surface area contributed by atoms with Gasteiger partial charge in [-0.2, -0.15) is 9.57 Å². The quantitative estimate of drug-likeness (QED) is 0.893. The Morgan fingerprint density at radius 1 is 1.48 bits per heavy atom. The Hall–Kier alpha value is -1.91. The van der Waals surface area contributed by atoms with Gasteiger partial charge in [0, 0.05) is 26.1 Å². The molecule has 0 radical (unpaired) electrons.